The van der Waals surface area contributed by atoms with Gasteiger partial charge < -0.3 is 4.42 Å². The van der Waals surface area contributed by atoms with E-state index in [0.29, 0.717) is 0 Å². The van der Waals surface area contributed by atoms with Crippen LogP contribution in [0, 0.1) is 0 Å². The lowest BCUT2D eigenvalue weighted by Crippen LogP contribution is -1.84. The molecule has 0 saturated carbocycles. The summed E-state index contributed by atoms with van der Waals surface area (Å²) in [6, 6.07) is 6.07. The highest BCUT2D eigenvalue weighted by Crippen LogP contribution is 2.33. The molecule has 0 saturated heterocycles. The monoisotopic (exact) mass is 223 g/mol. The molecule has 3 rings (SSSR count). The first kappa shape index (κ1) is 10.1. The molecule has 1 aliphatic heterocycles. The van der Waals surface area contributed by atoms with Crippen LogP contribution in [-0.2, 0) is 0 Å². The molecule has 0 unspecified atom stereocenters. The van der Waals surface area contributed by atoms with Crippen LogP contribution in [0.1, 0.15) is 30.7 Å². The number of hydrogen-bond acceptors (Lipinski definition) is 2. The molecule has 1 aromatic carbocycles. The fraction of sp³-hybridized carbons (Fsp3) is 0.133. The normalized spacial score (nSPS) is 13.6. The Hall–Kier alpha value is -2.09. The molecule has 0 fully saturated rings. The lowest BCUT2D eigenvalue weighted by molar-refractivity contribution is 0.599. The van der Waals surface area contributed by atoms with Crippen molar-refractivity contribution in [3.8, 4) is 0 Å². The minimum atomic E-state index is 0.833. The molecule has 2 aromatic rings. The largest absolute Gasteiger partial charge is 0.456 e. The highest BCUT2D eigenvalue weighted by atomic mass is 16.3. The topological polar surface area (TPSA) is 25.5 Å². The van der Waals surface area contributed by atoms with Gasteiger partial charge in [0.05, 0.1) is 0 Å². The first-order chi connectivity index (χ1) is 8.16. The first-order valence-electron chi connectivity index (χ1n) is 5.60. The van der Waals surface area contributed by atoms with E-state index in [0.717, 1.165) is 39.1 Å². The molecule has 1 aliphatic rings. The zero-order valence-corrected chi connectivity index (χ0v) is 9.95. The van der Waals surface area contributed by atoms with Gasteiger partial charge in [-0.15, -0.1) is 0 Å². The van der Waals surface area contributed by atoms with Crippen molar-refractivity contribution >= 4 is 28.8 Å². The summed E-state index contributed by atoms with van der Waals surface area (Å²) < 4.78 is 5.84. The van der Waals surface area contributed by atoms with Crippen LogP contribution < -0.4 is 0 Å². The predicted octanol–water partition coefficient (Wildman–Crippen LogP) is 4.26. The summed E-state index contributed by atoms with van der Waals surface area (Å²) >= 11 is 0. The van der Waals surface area contributed by atoms with Crippen molar-refractivity contribution in [3.63, 3.8) is 0 Å². The average Bonchev–Trinajstić information content (AvgIpc) is 2.57. The van der Waals surface area contributed by atoms with Gasteiger partial charge in [0, 0.05) is 22.9 Å². The summed E-state index contributed by atoms with van der Waals surface area (Å²) in [7, 11) is 0. The van der Waals surface area contributed by atoms with Gasteiger partial charge in [-0.1, -0.05) is 18.7 Å². The highest BCUT2D eigenvalue weighted by molar-refractivity contribution is 6.07. The van der Waals surface area contributed by atoms with Gasteiger partial charge in [-0.25, -0.2) is 0 Å². The van der Waals surface area contributed by atoms with Gasteiger partial charge in [0.1, 0.15) is 11.3 Å². The average molecular weight is 223 g/mol. The van der Waals surface area contributed by atoms with Crippen molar-refractivity contribution in [2.24, 2.45) is 4.99 Å². The smallest absolute Gasteiger partial charge is 0.139 e. The fourth-order valence-electron chi connectivity index (χ4n) is 2.19. The lowest BCUT2D eigenvalue weighted by Gasteiger charge is -1.95. The quantitative estimate of drug-likeness (QED) is 0.709. The molecule has 2 heterocycles. The van der Waals surface area contributed by atoms with Gasteiger partial charge in [0.15, 0.2) is 0 Å². The van der Waals surface area contributed by atoms with Crippen LogP contribution >= 0.6 is 0 Å². The van der Waals surface area contributed by atoms with Crippen LogP contribution in [-0.4, -0.2) is 6.21 Å². The Morgan fingerprint density at radius 1 is 1.35 bits per heavy atom. The second-order valence-corrected chi connectivity index (χ2v) is 4.39. The molecule has 0 spiro atoms. The Kier molecular flexibility index (Phi) is 2.05. The van der Waals surface area contributed by atoms with Crippen molar-refractivity contribution in [2.45, 2.75) is 13.8 Å². The van der Waals surface area contributed by atoms with Crippen molar-refractivity contribution in [1.82, 2.24) is 0 Å². The van der Waals surface area contributed by atoms with Gasteiger partial charge in [0.25, 0.3) is 0 Å². The van der Waals surface area contributed by atoms with Crippen LogP contribution in [0.2, 0.25) is 0 Å². The number of aliphatic imine (C=N–C) groups is 1. The van der Waals surface area contributed by atoms with E-state index in [-0.39, 0.29) is 0 Å². The lowest BCUT2D eigenvalue weighted by atomic mass is 10.0. The van der Waals surface area contributed by atoms with Crippen molar-refractivity contribution in [2.75, 3.05) is 0 Å². The summed E-state index contributed by atoms with van der Waals surface area (Å²) in [5.41, 5.74) is 5.02. The van der Waals surface area contributed by atoms with Crippen LogP contribution in [0.25, 0.3) is 22.6 Å². The Labute approximate surface area is 100.0 Å². The van der Waals surface area contributed by atoms with Crippen LogP contribution in [0.3, 0.4) is 0 Å². The van der Waals surface area contributed by atoms with Gasteiger partial charge in [-0.05, 0) is 37.1 Å². The zero-order chi connectivity index (χ0) is 12.0. The molecule has 0 bridgehead atoms. The third-order valence-electron chi connectivity index (χ3n) is 2.93. The SMILES string of the molecule is C=C(C)c1oc2cccc3c2c1C=NC(C)=C3. The third-order valence-corrected chi connectivity index (χ3v) is 2.93. The van der Waals surface area contributed by atoms with E-state index in [4.69, 9.17) is 4.42 Å². The second-order valence-electron chi connectivity index (χ2n) is 4.39. The molecule has 0 aliphatic carbocycles. The van der Waals surface area contributed by atoms with E-state index in [2.05, 4.69) is 23.7 Å². The summed E-state index contributed by atoms with van der Waals surface area (Å²) in [6.45, 7) is 7.91. The zero-order valence-electron chi connectivity index (χ0n) is 9.95. The van der Waals surface area contributed by atoms with Crippen molar-refractivity contribution in [3.05, 3.63) is 47.4 Å². The maximum absolute atomic E-state index is 5.84. The molecular weight excluding hydrogens is 210 g/mol. The van der Waals surface area contributed by atoms with E-state index < -0.39 is 0 Å². The molecule has 0 N–H and O–H groups in total. The first-order valence-corrected chi connectivity index (χ1v) is 5.60. The number of nitrogens with zero attached hydrogens (tertiary/aromatic N) is 1. The maximum atomic E-state index is 5.84. The van der Waals surface area contributed by atoms with E-state index >= 15 is 0 Å². The molecule has 0 radical (unpaired) electrons. The van der Waals surface area contributed by atoms with Gasteiger partial charge in [-0.3, -0.25) is 4.99 Å². The number of rotatable bonds is 1. The van der Waals surface area contributed by atoms with Crippen LogP contribution in [0.4, 0.5) is 0 Å². The summed E-state index contributed by atoms with van der Waals surface area (Å²) in [6.07, 6.45) is 3.95. The fourth-order valence-corrected chi connectivity index (χ4v) is 2.19. The molecule has 0 atom stereocenters. The number of benzene rings is 1. The van der Waals surface area contributed by atoms with E-state index in [1.807, 2.05) is 32.2 Å². The van der Waals surface area contributed by atoms with Crippen LogP contribution in [0.15, 0.2) is 39.9 Å². The summed E-state index contributed by atoms with van der Waals surface area (Å²) in [5.74, 6) is 0.833. The molecule has 2 nitrogen and oxygen atoms in total. The van der Waals surface area contributed by atoms with E-state index in [1.165, 1.54) is 0 Å². The standard InChI is InChI=1S/C15H13NO/c1-9(2)15-12-8-16-10(3)7-11-5-4-6-13(17-15)14(11)12/h4-8H,1H2,2-3H3. The Bertz CT molecular complexity index is 686. The number of allylic oxidation sites excluding steroid dienone is 2. The summed E-state index contributed by atoms with van der Waals surface area (Å²) in [4.78, 5) is 4.41. The number of furan rings is 1. The van der Waals surface area contributed by atoms with Gasteiger partial charge >= 0.3 is 0 Å². The minimum Gasteiger partial charge on any atom is -0.456 e. The Morgan fingerprint density at radius 2 is 2.18 bits per heavy atom. The van der Waals surface area contributed by atoms with E-state index in [9.17, 15) is 0 Å². The number of hydrogen-bond donors (Lipinski definition) is 0. The van der Waals surface area contributed by atoms with Crippen molar-refractivity contribution < 1.29 is 4.42 Å². The van der Waals surface area contributed by atoms with Gasteiger partial charge in [-0.2, -0.15) is 0 Å². The Morgan fingerprint density at radius 3 is 2.94 bits per heavy atom. The van der Waals surface area contributed by atoms with Gasteiger partial charge in [0.2, 0.25) is 0 Å². The third kappa shape index (κ3) is 1.45. The predicted molar refractivity (Wildman–Crippen MR) is 72.2 cm³/mol. The van der Waals surface area contributed by atoms with Crippen LogP contribution in [0.5, 0.6) is 0 Å². The summed E-state index contributed by atoms with van der Waals surface area (Å²) in [5, 5.41) is 1.13. The van der Waals surface area contributed by atoms with Crippen molar-refractivity contribution in [1.29, 1.82) is 0 Å². The maximum Gasteiger partial charge on any atom is 0.139 e. The molecular formula is C15H13NO. The molecule has 84 valence electrons. The molecule has 17 heavy (non-hydrogen) atoms. The second kappa shape index (κ2) is 3.45. The molecule has 2 heteroatoms. The molecule has 1 aromatic heterocycles. The van der Waals surface area contributed by atoms with E-state index in [1.54, 1.807) is 0 Å². The Balaban J connectivity index is 2.48. The molecule has 0 amide bonds. The highest BCUT2D eigenvalue weighted by Gasteiger charge is 2.16. The minimum absolute atomic E-state index is 0.833.